The van der Waals surface area contributed by atoms with E-state index in [2.05, 4.69) is 20.5 Å². The van der Waals surface area contributed by atoms with Crippen LogP contribution in [0.1, 0.15) is 18.9 Å². The number of aromatic nitrogens is 4. The molecule has 2 heterocycles. The van der Waals surface area contributed by atoms with Gasteiger partial charge in [-0.3, -0.25) is 9.89 Å². The Labute approximate surface area is 122 Å². The van der Waals surface area contributed by atoms with Crippen molar-refractivity contribution in [3.05, 3.63) is 42.4 Å². The summed E-state index contributed by atoms with van der Waals surface area (Å²) in [5, 5.41) is 9.61. The van der Waals surface area contributed by atoms with E-state index in [1.807, 2.05) is 35.8 Å². The smallest absolute Gasteiger partial charge is 0.227 e. The molecule has 0 radical (unpaired) electrons. The Kier molecular flexibility index (Phi) is 3.68. The van der Waals surface area contributed by atoms with Crippen LogP contribution in [-0.4, -0.2) is 25.7 Å². The van der Waals surface area contributed by atoms with Gasteiger partial charge in [0, 0.05) is 18.5 Å². The van der Waals surface area contributed by atoms with Crippen molar-refractivity contribution < 1.29 is 4.79 Å². The summed E-state index contributed by atoms with van der Waals surface area (Å²) in [4.78, 5) is 16.3. The molecule has 21 heavy (non-hydrogen) atoms. The van der Waals surface area contributed by atoms with E-state index >= 15 is 0 Å². The molecule has 2 aromatic heterocycles. The minimum Gasteiger partial charge on any atom is -0.330 e. The minimum absolute atomic E-state index is 0.0354. The number of rotatable bonds is 5. The highest BCUT2D eigenvalue weighted by Gasteiger charge is 2.09. The zero-order chi connectivity index (χ0) is 14.7. The summed E-state index contributed by atoms with van der Waals surface area (Å²) in [7, 11) is 0. The van der Waals surface area contributed by atoms with Crippen molar-refractivity contribution in [2.45, 2.75) is 26.3 Å². The van der Waals surface area contributed by atoms with Gasteiger partial charge in [0.2, 0.25) is 5.91 Å². The molecule has 0 aliphatic heterocycles. The highest BCUT2D eigenvalue weighted by molar-refractivity contribution is 5.90. The number of nitrogens with one attached hydrogen (secondary N) is 2. The van der Waals surface area contributed by atoms with Crippen LogP contribution in [0.4, 0.5) is 5.82 Å². The number of para-hydroxylation sites is 2. The van der Waals surface area contributed by atoms with E-state index in [-0.39, 0.29) is 5.91 Å². The van der Waals surface area contributed by atoms with Crippen LogP contribution in [-0.2, 0) is 17.8 Å². The normalized spacial score (nSPS) is 10.9. The van der Waals surface area contributed by atoms with Gasteiger partial charge < -0.3 is 9.88 Å². The largest absolute Gasteiger partial charge is 0.330 e. The number of hydrogen-bond donors (Lipinski definition) is 2. The van der Waals surface area contributed by atoms with Crippen LogP contribution >= 0.6 is 0 Å². The number of carbonyl (C=O) groups excluding carboxylic acids is 1. The summed E-state index contributed by atoms with van der Waals surface area (Å²) in [6.45, 7) is 2.63. The van der Waals surface area contributed by atoms with E-state index in [0.29, 0.717) is 18.8 Å². The molecule has 0 atom stereocenters. The Morgan fingerprint density at radius 2 is 2.24 bits per heavy atom. The van der Waals surface area contributed by atoms with Gasteiger partial charge in [-0.2, -0.15) is 5.10 Å². The highest BCUT2D eigenvalue weighted by atomic mass is 16.1. The Morgan fingerprint density at radius 3 is 3.10 bits per heavy atom. The first-order valence-electron chi connectivity index (χ1n) is 7.00. The maximum atomic E-state index is 12.0. The lowest BCUT2D eigenvalue weighted by molar-refractivity contribution is -0.116. The molecule has 0 fully saturated rings. The summed E-state index contributed by atoms with van der Waals surface area (Å²) in [5.41, 5.74) is 3.00. The molecule has 0 spiro atoms. The van der Waals surface area contributed by atoms with Gasteiger partial charge in [-0.15, -0.1) is 0 Å². The van der Waals surface area contributed by atoms with Gasteiger partial charge >= 0.3 is 0 Å². The number of aryl methyl sites for hydroxylation is 2. The van der Waals surface area contributed by atoms with Crippen molar-refractivity contribution in [2.24, 2.45) is 0 Å². The maximum Gasteiger partial charge on any atom is 0.227 e. The zero-order valence-corrected chi connectivity index (χ0v) is 11.8. The molecule has 0 saturated carbocycles. The fraction of sp³-hybridized carbons (Fsp3) is 0.267. The van der Waals surface area contributed by atoms with Gasteiger partial charge in [0.15, 0.2) is 0 Å². The summed E-state index contributed by atoms with van der Waals surface area (Å²) in [5.74, 6) is 0.657. The standard InChI is InChI=1S/C15H17N5O/c1-2-11-9-17-19-15(11)18-14(21)7-8-20-10-16-12-5-3-4-6-13(12)20/h3-6,9-10H,2,7-8H2,1H3,(H2,17,18,19,21). The van der Waals surface area contributed by atoms with Crippen molar-refractivity contribution >= 4 is 22.8 Å². The third-order valence-electron chi connectivity index (χ3n) is 3.47. The van der Waals surface area contributed by atoms with Crippen molar-refractivity contribution in [1.82, 2.24) is 19.7 Å². The van der Waals surface area contributed by atoms with Gasteiger partial charge in [-0.1, -0.05) is 19.1 Å². The number of nitrogens with zero attached hydrogens (tertiary/aromatic N) is 3. The lowest BCUT2D eigenvalue weighted by Gasteiger charge is -2.06. The number of anilines is 1. The molecule has 0 bridgehead atoms. The van der Waals surface area contributed by atoms with E-state index in [9.17, 15) is 4.79 Å². The van der Waals surface area contributed by atoms with Crippen LogP contribution in [0, 0.1) is 0 Å². The van der Waals surface area contributed by atoms with E-state index in [1.54, 1.807) is 12.5 Å². The van der Waals surface area contributed by atoms with Gasteiger partial charge in [0.1, 0.15) is 5.82 Å². The number of carbonyl (C=O) groups is 1. The molecule has 0 unspecified atom stereocenters. The Balaban J connectivity index is 1.63. The van der Waals surface area contributed by atoms with Crippen molar-refractivity contribution in [3.63, 3.8) is 0 Å². The first-order chi connectivity index (χ1) is 10.3. The van der Waals surface area contributed by atoms with E-state index in [0.717, 1.165) is 23.0 Å². The average Bonchev–Trinajstić information content (AvgIpc) is 3.11. The molecular weight excluding hydrogens is 266 g/mol. The van der Waals surface area contributed by atoms with Gasteiger partial charge in [0.05, 0.1) is 23.6 Å². The molecule has 6 nitrogen and oxygen atoms in total. The van der Waals surface area contributed by atoms with Crippen molar-refractivity contribution in [1.29, 1.82) is 0 Å². The zero-order valence-electron chi connectivity index (χ0n) is 11.8. The van der Waals surface area contributed by atoms with E-state index in [4.69, 9.17) is 0 Å². The van der Waals surface area contributed by atoms with Crippen LogP contribution < -0.4 is 5.32 Å². The predicted molar refractivity (Wildman–Crippen MR) is 80.9 cm³/mol. The van der Waals surface area contributed by atoms with Crippen molar-refractivity contribution in [2.75, 3.05) is 5.32 Å². The number of aromatic amines is 1. The Hall–Kier alpha value is -2.63. The highest BCUT2D eigenvalue weighted by Crippen LogP contribution is 2.14. The second-order valence-electron chi connectivity index (χ2n) is 4.85. The number of fused-ring (bicyclic) bond motifs is 1. The quantitative estimate of drug-likeness (QED) is 0.754. The minimum atomic E-state index is -0.0354. The number of imidazole rings is 1. The van der Waals surface area contributed by atoms with Crippen LogP contribution in [0.15, 0.2) is 36.8 Å². The van der Waals surface area contributed by atoms with Crippen LogP contribution in [0.3, 0.4) is 0 Å². The van der Waals surface area contributed by atoms with Crippen LogP contribution in [0.5, 0.6) is 0 Å². The average molecular weight is 283 g/mol. The van der Waals surface area contributed by atoms with Gasteiger partial charge in [-0.25, -0.2) is 4.98 Å². The summed E-state index contributed by atoms with van der Waals surface area (Å²) < 4.78 is 1.99. The second-order valence-corrected chi connectivity index (χ2v) is 4.85. The summed E-state index contributed by atoms with van der Waals surface area (Å²) in [6, 6.07) is 7.89. The van der Waals surface area contributed by atoms with Crippen molar-refractivity contribution in [3.8, 4) is 0 Å². The molecule has 6 heteroatoms. The molecule has 0 saturated heterocycles. The SMILES string of the molecule is CCc1cn[nH]c1NC(=O)CCn1cnc2ccccc21. The molecule has 2 N–H and O–H groups in total. The molecule has 1 amide bonds. The maximum absolute atomic E-state index is 12.0. The number of hydrogen-bond acceptors (Lipinski definition) is 3. The molecule has 3 aromatic rings. The topological polar surface area (TPSA) is 75.6 Å². The van der Waals surface area contributed by atoms with Gasteiger partial charge in [0.25, 0.3) is 0 Å². The lowest BCUT2D eigenvalue weighted by atomic mass is 10.2. The fourth-order valence-electron chi connectivity index (χ4n) is 2.30. The van der Waals surface area contributed by atoms with Crippen LogP contribution in [0.2, 0.25) is 0 Å². The number of benzene rings is 1. The third-order valence-corrected chi connectivity index (χ3v) is 3.47. The monoisotopic (exact) mass is 283 g/mol. The van der Waals surface area contributed by atoms with Crippen LogP contribution in [0.25, 0.3) is 11.0 Å². The molecular formula is C15H17N5O. The molecule has 0 aliphatic rings. The second kappa shape index (κ2) is 5.78. The van der Waals surface area contributed by atoms with E-state index in [1.165, 1.54) is 0 Å². The summed E-state index contributed by atoms with van der Waals surface area (Å²) >= 11 is 0. The van der Waals surface area contributed by atoms with E-state index < -0.39 is 0 Å². The first kappa shape index (κ1) is 13.4. The molecule has 108 valence electrons. The Morgan fingerprint density at radius 1 is 1.38 bits per heavy atom. The molecule has 1 aromatic carbocycles. The summed E-state index contributed by atoms with van der Waals surface area (Å²) in [6.07, 6.45) is 4.73. The molecule has 0 aliphatic carbocycles. The van der Waals surface area contributed by atoms with Gasteiger partial charge in [-0.05, 0) is 18.6 Å². The first-order valence-corrected chi connectivity index (χ1v) is 7.00. The number of H-pyrrole nitrogens is 1. The predicted octanol–water partition coefficient (Wildman–Crippen LogP) is 2.35. The Bertz CT molecular complexity index is 758. The third kappa shape index (κ3) is 2.79. The lowest BCUT2D eigenvalue weighted by Crippen LogP contribution is -2.15. The number of amides is 1. The fourth-order valence-corrected chi connectivity index (χ4v) is 2.30. The molecule has 3 rings (SSSR count).